The lowest BCUT2D eigenvalue weighted by molar-refractivity contribution is -0.128. The lowest BCUT2D eigenvalue weighted by atomic mass is 10.1. The van der Waals surface area contributed by atoms with E-state index in [-0.39, 0.29) is 18.3 Å². The van der Waals surface area contributed by atoms with E-state index < -0.39 is 6.04 Å². The van der Waals surface area contributed by atoms with Crippen molar-refractivity contribution in [3.63, 3.8) is 0 Å². The van der Waals surface area contributed by atoms with Crippen LogP contribution in [0.15, 0.2) is 30.3 Å². The van der Waals surface area contributed by atoms with E-state index in [2.05, 4.69) is 5.32 Å². The summed E-state index contributed by atoms with van der Waals surface area (Å²) in [6.45, 7) is 3.24. The van der Waals surface area contributed by atoms with Crippen LogP contribution >= 0.6 is 0 Å². The van der Waals surface area contributed by atoms with Crippen LogP contribution in [0.3, 0.4) is 0 Å². The molecule has 0 aromatic heterocycles. The van der Waals surface area contributed by atoms with E-state index in [1.807, 2.05) is 25.1 Å². The topological polar surface area (TPSA) is 55.4 Å². The lowest BCUT2D eigenvalue weighted by Gasteiger charge is -2.13. The number of benzene rings is 1. The molecule has 1 aromatic rings. The summed E-state index contributed by atoms with van der Waals surface area (Å²) >= 11 is 0. The first-order valence-corrected chi connectivity index (χ1v) is 5.61. The molecule has 0 aliphatic rings. The van der Waals surface area contributed by atoms with Crippen molar-refractivity contribution < 1.29 is 14.3 Å². The molecule has 0 fully saturated rings. The van der Waals surface area contributed by atoms with Gasteiger partial charge in [-0.25, -0.2) is 0 Å². The third-order valence-corrected chi connectivity index (χ3v) is 2.35. The van der Waals surface area contributed by atoms with Gasteiger partial charge in [-0.1, -0.05) is 25.1 Å². The molecule has 1 unspecified atom stereocenters. The molecule has 1 N–H and O–H groups in total. The molecule has 0 saturated carbocycles. The summed E-state index contributed by atoms with van der Waals surface area (Å²) in [6, 6.07) is 8.66. The van der Waals surface area contributed by atoms with Crippen molar-refractivity contribution in [2.75, 3.05) is 6.61 Å². The zero-order valence-corrected chi connectivity index (χ0v) is 10.1. The number of amides is 1. The van der Waals surface area contributed by atoms with Crippen LogP contribution in [0.1, 0.15) is 20.3 Å². The highest BCUT2D eigenvalue weighted by Crippen LogP contribution is 2.07. The highest BCUT2D eigenvalue weighted by atomic mass is 16.5. The van der Waals surface area contributed by atoms with Gasteiger partial charge in [-0.3, -0.25) is 9.59 Å². The van der Waals surface area contributed by atoms with Crippen LogP contribution in [-0.4, -0.2) is 24.3 Å². The van der Waals surface area contributed by atoms with Gasteiger partial charge in [0.2, 0.25) is 0 Å². The second-order valence-electron chi connectivity index (χ2n) is 3.74. The fourth-order valence-electron chi connectivity index (χ4n) is 1.39. The third kappa shape index (κ3) is 4.68. The third-order valence-electron chi connectivity index (χ3n) is 2.35. The minimum atomic E-state index is -0.415. The first-order valence-electron chi connectivity index (χ1n) is 5.61. The molecule has 0 heterocycles. The fourth-order valence-corrected chi connectivity index (χ4v) is 1.39. The van der Waals surface area contributed by atoms with Gasteiger partial charge >= 0.3 is 0 Å². The molecular weight excluding hydrogens is 218 g/mol. The molecular formula is C13H17NO3. The van der Waals surface area contributed by atoms with Gasteiger partial charge in [-0.2, -0.15) is 0 Å². The number of para-hydroxylation sites is 1. The quantitative estimate of drug-likeness (QED) is 0.814. The van der Waals surface area contributed by atoms with Crippen molar-refractivity contribution in [1.82, 2.24) is 5.32 Å². The van der Waals surface area contributed by atoms with Crippen LogP contribution < -0.4 is 10.1 Å². The Bertz CT molecular complexity index is 376. The fraction of sp³-hybridized carbons (Fsp3) is 0.385. The van der Waals surface area contributed by atoms with Gasteiger partial charge in [-0.15, -0.1) is 0 Å². The average Bonchev–Trinajstić information content (AvgIpc) is 2.34. The van der Waals surface area contributed by atoms with Crippen molar-refractivity contribution in [3.8, 4) is 5.75 Å². The number of Topliss-reactive ketones (excluding diaryl/α,β-unsaturated/α-hetero) is 1. The maximum atomic E-state index is 11.5. The molecule has 0 aliphatic carbocycles. The summed E-state index contributed by atoms with van der Waals surface area (Å²) in [5.41, 5.74) is 0. The number of rotatable bonds is 6. The molecule has 1 atom stereocenters. The molecule has 0 spiro atoms. The summed E-state index contributed by atoms with van der Waals surface area (Å²) in [5.74, 6) is 0.315. The van der Waals surface area contributed by atoms with Crippen molar-refractivity contribution in [2.45, 2.75) is 26.3 Å². The highest BCUT2D eigenvalue weighted by molar-refractivity contribution is 5.87. The predicted molar refractivity (Wildman–Crippen MR) is 64.8 cm³/mol. The first-order chi connectivity index (χ1) is 8.13. The number of nitrogens with one attached hydrogen (secondary N) is 1. The van der Waals surface area contributed by atoms with Crippen molar-refractivity contribution >= 4 is 11.7 Å². The van der Waals surface area contributed by atoms with Crippen LogP contribution in [0.4, 0.5) is 0 Å². The summed E-state index contributed by atoms with van der Waals surface area (Å²) in [7, 11) is 0. The standard InChI is InChI=1S/C13H17NO3/c1-3-12(10(2)15)14-13(16)9-17-11-7-5-4-6-8-11/h4-8,12H,3,9H2,1-2H3,(H,14,16). The Kier molecular flexibility index (Phi) is 5.20. The molecule has 92 valence electrons. The highest BCUT2D eigenvalue weighted by Gasteiger charge is 2.14. The Hall–Kier alpha value is -1.84. The number of ether oxygens (including phenoxy) is 1. The normalized spacial score (nSPS) is 11.6. The van der Waals surface area contributed by atoms with E-state index in [1.54, 1.807) is 12.1 Å². The molecule has 1 aromatic carbocycles. The Morgan fingerprint density at radius 3 is 2.47 bits per heavy atom. The van der Waals surface area contributed by atoms with Gasteiger partial charge in [0.05, 0.1) is 6.04 Å². The zero-order valence-electron chi connectivity index (χ0n) is 10.1. The Labute approximate surface area is 101 Å². The number of hydrogen-bond donors (Lipinski definition) is 1. The second kappa shape index (κ2) is 6.68. The maximum Gasteiger partial charge on any atom is 0.258 e. The number of ketones is 1. The Balaban J connectivity index is 2.37. The number of carbonyl (C=O) groups excluding carboxylic acids is 2. The molecule has 0 bridgehead atoms. The molecule has 0 aliphatic heterocycles. The lowest BCUT2D eigenvalue weighted by Crippen LogP contribution is -2.41. The van der Waals surface area contributed by atoms with E-state index in [1.165, 1.54) is 6.92 Å². The molecule has 4 heteroatoms. The average molecular weight is 235 g/mol. The van der Waals surface area contributed by atoms with Crippen molar-refractivity contribution in [2.24, 2.45) is 0 Å². The molecule has 1 amide bonds. The van der Waals surface area contributed by atoms with Crippen molar-refractivity contribution in [3.05, 3.63) is 30.3 Å². The smallest absolute Gasteiger partial charge is 0.258 e. The van der Waals surface area contributed by atoms with Gasteiger partial charge in [-0.05, 0) is 25.5 Å². The van der Waals surface area contributed by atoms with Crippen LogP contribution in [0.2, 0.25) is 0 Å². The zero-order chi connectivity index (χ0) is 12.7. The Morgan fingerprint density at radius 1 is 1.29 bits per heavy atom. The van der Waals surface area contributed by atoms with E-state index in [4.69, 9.17) is 4.74 Å². The van der Waals surface area contributed by atoms with E-state index >= 15 is 0 Å². The number of carbonyl (C=O) groups is 2. The van der Waals surface area contributed by atoms with Crippen LogP contribution in [-0.2, 0) is 9.59 Å². The minimum absolute atomic E-state index is 0.0411. The molecule has 17 heavy (non-hydrogen) atoms. The van der Waals surface area contributed by atoms with Gasteiger partial charge in [0.1, 0.15) is 5.75 Å². The van der Waals surface area contributed by atoms with E-state index in [9.17, 15) is 9.59 Å². The molecule has 0 radical (unpaired) electrons. The van der Waals surface area contributed by atoms with Crippen LogP contribution in [0.5, 0.6) is 5.75 Å². The summed E-state index contributed by atoms with van der Waals surface area (Å²) in [4.78, 5) is 22.6. The number of hydrogen-bond acceptors (Lipinski definition) is 3. The summed E-state index contributed by atoms with van der Waals surface area (Å²) in [5, 5.41) is 2.62. The van der Waals surface area contributed by atoms with Gasteiger partial charge < -0.3 is 10.1 Å². The monoisotopic (exact) mass is 235 g/mol. The molecule has 1 rings (SSSR count). The van der Waals surface area contributed by atoms with Crippen molar-refractivity contribution in [1.29, 1.82) is 0 Å². The van der Waals surface area contributed by atoms with Crippen LogP contribution in [0, 0.1) is 0 Å². The minimum Gasteiger partial charge on any atom is -0.484 e. The predicted octanol–water partition coefficient (Wildman–Crippen LogP) is 1.55. The van der Waals surface area contributed by atoms with E-state index in [0.717, 1.165) is 0 Å². The van der Waals surface area contributed by atoms with Gasteiger partial charge in [0, 0.05) is 0 Å². The molecule has 0 saturated heterocycles. The van der Waals surface area contributed by atoms with E-state index in [0.29, 0.717) is 12.2 Å². The maximum absolute atomic E-state index is 11.5. The SMILES string of the molecule is CCC(NC(=O)COc1ccccc1)C(C)=O. The second-order valence-corrected chi connectivity index (χ2v) is 3.74. The Morgan fingerprint density at radius 2 is 1.94 bits per heavy atom. The van der Waals surface area contributed by atoms with Crippen LogP contribution in [0.25, 0.3) is 0 Å². The largest absolute Gasteiger partial charge is 0.484 e. The van der Waals surface area contributed by atoms with Gasteiger partial charge in [0.25, 0.3) is 5.91 Å². The molecule has 4 nitrogen and oxygen atoms in total. The summed E-state index contributed by atoms with van der Waals surface area (Å²) in [6.07, 6.45) is 0.590. The first kappa shape index (κ1) is 13.2. The van der Waals surface area contributed by atoms with Gasteiger partial charge in [0.15, 0.2) is 12.4 Å². The summed E-state index contributed by atoms with van der Waals surface area (Å²) < 4.78 is 5.27.